The second-order valence-electron chi connectivity index (χ2n) is 5.23. The van der Waals surface area contributed by atoms with Crippen molar-refractivity contribution < 1.29 is 17.9 Å². The summed E-state index contributed by atoms with van der Waals surface area (Å²) in [5, 5.41) is 3.21. The Morgan fingerprint density at radius 3 is 2.86 bits per heavy atom. The van der Waals surface area contributed by atoms with Crippen molar-refractivity contribution in [3.63, 3.8) is 0 Å². The number of ether oxygens (including phenoxy) is 2. The molecular formula is C14H22N2O4S. The molecule has 0 amide bonds. The molecule has 1 fully saturated rings. The van der Waals surface area contributed by atoms with Crippen molar-refractivity contribution in [2.24, 2.45) is 0 Å². The van der Waals surface area contributed by atoms with E-state index in [9.17, 15) is 8.42 Å². The minimum Gasteiger partial charge on any atom is -0.489 e. The van der Waals surface area contributed by atoms with Crippen LogP contribution >= 0.6 is 0 Å². The average molecular weight is 314 g/mol. The summed E-state index contributed by atoms with van der Waals surface area (Å²) in [6.07, 6.45) is -0.0624. The topological polar surface area (TPSA) is 76.7 Å². The van der Waals surface area contributed by atoms with E-state index in [2.05, 4.69) is 10.0 Å². The van der Waals surface area contributed by atoms with E-state index < -0.39 is 10.0 Å². The zero-order chi connectivity index (χ0) is 15.3. The summed E-state index contributed by atoms with van der Waals surface area (Å²) in [4.78, 5) is 0.155. The number of sulfonamides is 1. The number of nitrogens with one attached hydrogen (secondary N) is 2. The maximum absolute atomic E-state index is 12.3. The van der Waals surface area contributed by atoms with Crippen LogP contribution in [0.1, 0.15) is 13.8 Å². The maximum atomic E-state index is 12.3. The molecule has 0 aliphatic carbocycles. The Labute approximate surface area is 125 Å². The first kappa shape index (κ1) is 16.2. The number of morpholine rings is 1. The standard InChI is InChI=1S/C14H22N2O4S/c1-11(2)16-21(17,18)14-6-4-3-5-13(14)20-10-12-9-15-7-8-19-12/h3-6,11-12,15-16H,7-10H2,1-2H3. The van der Waals surface area contributed by atoms with Gasteiger partial charge in [-0.1, -0.05) is 12.1 Å². The van der Waals surface area contributed by atoms with Gasteiger partial charge in [-0.25, -0.2) is 13.1 Å². The molecule has 0 bridgehead atoms. The molecule has 1 aliphatic heterocycles. The van der Waals surface area contributed by atoms with Crippen molar-refractivity contribution in [3.05, 3.63) is 24.3 Å². The van der Waals surface area contributed by atoms with Crippen LogP contribution in [0.25, 0.3) is 0 Å². The predicted molar refractivity (Wildman–Crippen MR) is 80.0 cm³/mol. The predicted octanol–water partition coefficient (Wildman–Crippen LogP) is 0.741. The highest BCUT2D eigenvalue weighted by molar-refractivity contribution is 7.89. The van der Waals surface area contributed by atoms with Crippen LogP contribution in [0.2, 0.25) is 0 Å². The number of hydrogen-bond donors (Lipinski definition) is 2. The maximum Gasteiger partial charge on any atom is 0.244 e. The molecule has 1 aromatic carbocycles. The second kappa shape index (κ2) is 7.22. The first-order valence-corrected chi connectivity index (χ1v) is 8.54. The van der Waals surface area contributed by atoms with Crippen LogP contribution in [0.3, 0.4) is 0 Å². The van der Waals surface area contributed by atoms with Crippen LogP contribution in [0, 0.1) is 0 Å². The van der Waals surface area contributed by atoms with Gasteiger partial charge in [0.15, 0.2) is 0 Å². The summed E-state index contributed by atoms with van der Waals surface area (Å²) in [6.45, 7) is 6.06. The lowest BCUT2D eigenvalue weighted by atomic mass is 10.3. The molecule has 0 aromatic heterocycles. The summed E-state index contributed by atoms with van der Waals surface area (Å²) in [7, 11) is -3.57. The fourth-order valence-electron chi connectivity index (χ4n) is 2.07. The molecule has 0 spiro atoms. The van der Waals surface area contributed by atoms with Crippen molar-refractivity contribution in [1.29, 1.82) is 0 Å². The molecule has 6 nitrogen and oxygen atoms in total. The lowest BCUT2D eigenvalue weighted by molar-refractivity contribution is -0.000406. The Kier molecular flexibility index (Phi) is 5.58. The van der Waals surface area contributed by atoms with Gasteiger partial charge < -0.3 is 14.8 Å². The summed E-state index contributed by atoms with van der Waals surface area (Å²) in [5.41, 5.74) is 0. The van der Waals surface area contributed by atoms with Crippen molar-refractivity contribution in [2.45, 2.75) is 30.9 Å². The van der Waals surface area contributed by atoms with Crippen molar-refractivity contribution in [1.82, 2.24) is 10.0 Å². The van der Waals surface area contributed by atoms with Gasteiger partial charge in [0.1, 0.15) is 23.4 Å². The van der Waals surface area contributed by atoms with Crippen LogP contribution in [0.15, 0.2) is 29.2 Å². The van der Waals surface area contributed by atoms with E-state index in [0.29, 0.717) is 25.5 Å². The van der Waals surface area contributed by atoms with Crippen LogP contribution < -0.4 is 14.8 Å². The van der Waals surface area contributed by atoms with E-state index in [1.54, 1.807) is 38.1 Å². The van der Waals surface area contributed by atoms with E-state index in [1.165, 1.54) is 0 Å². The average Bonchev–Trinajstić information content (AvgIpc) is 2.45. The molecule has 1 saturated heterocycles. The SMILES string of the molecule is CC(C)NS(=O)(=O)c1ccccc1OCC1CNCCO1. The van der Waals surface area contributed by atoms with Gasteiger partial charge >= 0.3 is 0 Å². The summed E-state index contributed by atoms with van der Waals surface area (Å²) in [5.74, 6) is 0.347. The van der Waals surface area contributed by atoms with Gasteiger partial charge in [-0.05, 0) is 26.0 Å². The van der Waals surface area contributed by atoms with Crippen LogP contribution in [0.4, 0.5) is 0 Å². The third-order valence-electron chi connectivity index (χ3n) is 2.96. The number of hydrogen-bond acceptors (Lipinski definition) is 5. The van der Waals surface area contributed by atoms with Crippen LogP contribution in [-0.4, -0.2) is 46.9 Å². The molecule has 2 rings (SSSR count). The van der Waals surface area contributed by atoms with Gasteiger partial charge in [-0.2, -0.15) is 0 Å². The van der Waals surface area contributed by atoms with Gasteiger partial charge in [0.05, 0.1) is 6.61 Å². The summed E-state index contributed by atoms with van der Waals surface area (Å²) in [6, 6.07) is 6.46. The normalized spacial score (nSPS) is 19.7. The Bertz CT molecular complexity index is 554. The number of benzene rings is 1. The molecule has 2 N–H and O–H groups in total. The van der Waals surface area contributed by atoms with E-state index in [-0.39, 0.29) is 17.0 Å². The Morgan fingerprint density at radius 1 is 1.43 bits per heavy atom. The van der Waals surface area contributed by atoms with E-state index in [0.717, 1.165) is 6.54 Å². The van der Waals surface area contributed by atoms with Gasteiger partial charge in [0.25, 0.3) is 0 Å². The van der Waals surface area contributed by atoms with E-state index in [4.69, 9.17) is 9.47 Å². The van der Waals surface area contributed by atoms with E-state index in [1.807, 2.05) is 0 Å². The van der Waals surface area contributed by atoms with Crippen molar-refractivity contribution in [3.8, 4) is 5.75 Å². The molecule has 1 aliphatic rings. The highest BCUT2D eigenvalue weighted by Crippen LogP contribution is 2.23. The Hall–Kier alpha value is -1.15. The molecule has 1 aromatic rings. The smallest absolute Gasteiger partial charge is 0.244 e. The largest absolute Gasteiger partial charge is 0.489 e. The minimum atomic E-state index is -3.57. The fraction of sp³-hybridized carbons (Fsp3) is 0.571. The van der Waals surface area contributed by atoms with Gasteiger partial charge in [-0.3, -0.25) is 0 Å². The molecule has 0 radical (unpaired) electrons. The molecule has 1 unspecified atom stereocenters. The monoisotopic (exact) mass is 314 g/mol. The lowest BCUT2D eigenvalue weighted by Crippen LogP contribution is -2.41. The molecule has 7 heteroatoms. The third-order valence-corrected chi connectivity index (χ3v) is 4.66. The highest BCUT2D eigenvalue weighted by Gasteiger charge is 2.21. The molecule has 1 atom stereocenters. The quantitative estimate of drug-likeness (QED) is 0.810. The summed E-state index contributed by atoms with van der Waals surface area (Å²) >= 11 is 0. The zero-order valence-corrected chi connectivity index (χ0v) is 13.2. The second-order valence-corrected chi connectivity index (χ2v) is 6.91. The van der Waals surface area contributed by atoms with Crippen molar-refractivity contribution in [2.75, 3.05) is 26.3 Å². The van der Waals surface area contributed by atoms with Gasteiger partial charge in [0.2, 0.25) is 10.0 Å². The molecule has 118 valence electrons. The molecule has 0 saturated carbocycles. The first-order chi connectivity index (χ1) is 9.99. The zero-order valence-electron chi connectivity index (χ0n) is 12.3. The lowest BCUT2D eigenvalue weighted by Gasteiger charge is -2.24. The van der Waals surface area contributed by atoms with E-state index >= 15 is 0 Å². The van der Waals surface area contributed by atoms with Gasteiger partial charge in [-0.15, -0.1) is 0 Å². The van der Waals surface area contributed by atoms with Gasteiger partial charge in [0, 0.05) is 19.1 Å². The van der Waals surface area contributed by atoms with Crippen LogP contribution in [-0.2, 0) is 14.8 Å². The van der Waals surface area contributed by atoms with Crippen LogP contribution in [0.5, 0.6) is 5.75 Å². The first-order valence-electron chi connectivity index (χ1n) is 7.05. The summed E-state index contributed by atoms with van der Waals surface area (Å²) < 4.78 is 38.3. The Balaban J connectivity index is 2.09. The highest BCUT2D eigenvalue weighted by atomic mass is 32.2. The van der Waals surface area contributed by atoms with Crippen molar-refractivity contribution >= 4 is 10.0 Å². The Morgan fingerprint density at radius 2 is 2.19 bits per heavy atom. The third kappa shape index (κ3) is 4.67. The number of rotatable bonds is 6. The molecular weight excluding hydrogens is 292 g/mol. The number of para-hydroxylation sites is 1. The minimum absolute atomic E-state index is 0.0624. The molecule has 21 heavy (non-hydrogen) atoms. The fourth-order valence-corrected chi connectivity index (χ4v) is 3.47. The molecule has 1 heterocycles.